The third-order valence-corrected chi connectivity index (χ3v) is 2.77. The number of aliphatic hydroxyl groups excluding tert-OH is 2. The lowest BCUT2D eigenvalue weighted by Crippen LogP contribution is -2.22. The van der Waals surface area contributed by atoms with Crippen LogP contribution < -0.4 is 0 Å². The lowest BCUT2D eigenvalue weighted by atomic mass is 10.3. The van der Waals surface area contributed by atoms with Gasteiger partial charge in [-0.05, 0) is 28.1 Å². The Bertz CT molecular complexity index is 305. The maximum absolute atomic E-state index is 9.32. The quantitative estimate of drug-likeness (QED) is 0.818. The van der Waals surface area contributed by atoms with Crippen molar-refractivity contribution >= 4 is 15.9 Å². The molecule has 1 aromatic heterocycles. The molecule has 0 aliphatic carbocycles. The number of halogens is 1. The van der Waals surface area contributed by atoms with Crippen LogP contribution in [0.5, 0.6) is 0 Å². The van der Waals surface area contributed by atoms with Crippen molar-refractivity contribution in [2.45, 2.75) is 18.8 Å². The molecular weight excluding hydrogens is 250 g/mol. The summed E-state index contributed by atoms with van der Waals surface area (Å²) in [7, 11) is 0. The van der Waals surface area contributed by atoms with E-state index in [4.69, 9.17) is 4.42 Å². The molecule has 4 nitrogen and oxygen atoms in total. The van der Waals surface area contributed by atoms with Crippen LogP contribution in [0.15, 0.2) is 21.2 Å². The molecule has 0 amide bonds. The van der Waals surface area contributed by atoms with E-state index >= 15 is 0 Å². The number of furan rings is 1. The van der Waals surface area contributed by atoms with E-state index in [-0.39, 0.29) is 0 Å². The molecule has 14 heavy (non-hydrogen) atoms. The standard InChI is InChI=1S/C9H12BrNO3/c10-9-2-1-6(14-9)3-11-4-7(12)8(13)5-11/h1-2,7-8,12-13H,3-5H2. The lowest BCUT2D eigenvalue weighted by Gasteiger charge is -2.11. The molecule has 2 atom stereocenters. The van der Waals surface area contributed by atoms with E-state index in [2.05, 4.69) is 15.9 Å². The predicted octanol–water partition coefficient (Wildman–Crippen LogP) is 0.579. The van der Waals surface area contributed by atoms with E-state index in [1.54, 1.807) is 0 Å². The van der Waals surface area contributed by atoms with Crippen molar-refractivity contribution in [1.82, 2.24) is 4.90 Å². The summed E-state index contributed by atoms with van der Waals surface area (Å²) in [5.41, 5.74) is 0. The molecule has 5 heteroatoms. The molecule has 2 rings (SSSR count). The largest absolute Gasteiger partial charge is 0.453 e. The maximum Gasteiger partial charge on any atom is 0.169 e. The Hall–Kier alpha value is -0.360. The second-order valence-electron chi connectivity index (χ2n) is 3.53. The monoisotopic (exact) mass is 261 g/mol. The van der Waals surface area contributed by atoms with Gasteiger partial charge in [-0.1, -0.05) is 0 Å². The number of nitrogens with zero attached hydrogens (tertiary/aromatic N) is 1. The first kappa shape index (κ1) is 10.2. The minimum absolute atomic E-state index is 0.499. The van der Waals surface area contributed by atoms with Gasteiger partial charge in [-0.15, -0.1) is 0 Å². The highest BCUT2D eigenvalue weighted by atomic mass is 79.9. The van der Waals surface area contributed by atoms with Gasteiger partial charge in [0.05, 0.1) is 18.8 Å². The molecule has 0 spiro atoms. The Balaban J connectivity index is 1.93. The lowest BCUT2D eigenvalue weighted by molar-refractivity contribution is 0.0572. The van der Waals surface area contributed by atoms with E-state index in [0.29, 0.717) is 24.3 Å². The smallest absolute Gasteiger partial charge is 0.169 e. The van der Waals surface area contributed by atoms with Crippen LogP contribution in [0.25, 0.3) is 0 Å². The molecular formula is C9H12BrNO3. The van der Waals surface area contributed by atoms with Crippen LogP contribution in [0.3, 0.4) is 0 Å². The first-order valence-electron chi connectivity index (χ1n) is 4.48. The third kappa shape index (κ3) is 2.17. The zero-order valence-corrected chi connectivity index (χ0v) is 9.14. The summed E-state index contributed by atoms with van der Waals surface area (Å²) in [4.78, 5) is 1.96. The first-order chi connectivity index (χ1) is 6.65. The highest BCUT2D eigenvalue weighted by Gasteiger charge is 2.29. The molecule has 2 N–H and O–H groups in total. The van der Waals surface area contributed by atoms with Crippen molar-refractivity contribution in [3.63, 3.8) is 0 Å². The second-order valence-corrected chi connectivity index (χ2v) is 4.32. The van der Waals surface area contributed by atoms with Gasteiger partial charge < -0.3 is 14.6 Å². The highest BCUT2D eigenvalue weighted by molar-refractivity contribution is 9.10. The van der Waals surface area contributed by atoms with Crippen molar-refractivity contribution in [3.05, 3.63) is 22.6 Å². The second kappa shape index (κ2) is 4.02. The number of hydrogen-bond donors (Lipinski definition) is 2. The van der Waals surface area contributed by atoms with Gasteiger partial charge in [0.25, 0.3) is 0 Å². The highest BCUT2D eigenvalue weighted by Crippen LogP contribution is 2.18. The molecule has 1 aromatic rings. The molecule has 2 heterocycles. The molecule has 78 valence electrons. The summed E-state index contributed by atoms with van der Waals surface area (Å²) < 4.78 is 6.03. The summed E-state index contributed by atoms with van der Waals surface area (Å²) in [6.07, 6.45) is -1.26. The van der Waals surface area contributed by atoms with Crippen LogP contribution in [0, 0.1) is 0 Å². The van der Waals surface area contributed by atoms with E-state index in [9.17, 15) is 10.2 Å². The summed E-state index contributed by atoms with van der Waals surface area (Å²) in [6, 6.07) is 3.71. The predicted molar refractivity (Wildman–Crippen MR) is 53.7 cm³/mol. The van der Waals surface area contributed by atoms with Crippen LogP contribution in [0.4, 0.5) is 0 Å². The summed E-state index contributed by atoms with van der Waals surface area (Å²) in [6.45, 7) is 1.62. The SMILES string of the molecule is OC1CN(Cc2ccc(Br)o2)CC1O. The van der Waals surface area contributed by atoms with Crippen LogP contribution in [0.2, 0.25) is 0 Å². The summed E-state index contributed by atoms with van der Waals surface area (Å²) in [5.74, 6) is 0.832. The Labute approximate surface area is 90.3 Å². The fourth-order valence-corrected chi connectivity index (χ4v) is 1.97. The van der Waals surface area contributed by atoms with Crippen molar-refractivity contribution < 1.29 is 14.6 Å². The molecule has 0 radical (unpaired) electrons. The Morgan fingerprint density at radius 3 is 2.50 bits per heavy atom. The van der Waals surface area contributed by atoms with Crippen molar-refractivity contribution in [2.75, 3.05) is 13.1 Å². The van der Waals surface area contributed by atoms with E-state index in [1.165, 1.54) is 0 Å². The van der Waals surface area contributed by atoms with Crippen LogP contribution in [0.1, 0.15) is 5.76 Å². The summed E-state index contributed by atoms with van der Waals surface area (Å²) in [5, 5.41) is 18.6. The van der Waals surface area contributed by atoms with Crippen LogP contribution >= 0.6 is 15.9 Å². The fourth-order valence-electron chi connectivity index (χ4n) is 1.63. The number of rotatable bonds is 2. The summed E-state index contributed by atoms with van der Waals surface area (Å²) >= 11 is 3.22. The average Bonchev–Trinajstić information content (AvgIpc) is 2.62. The van der Waals surface area contributed by atoms with Gasteiger partial charge >= 0.3 is 0 Å². The van der Waals surface area contributed by atoms with Gasteiger partial charge in [-0.3, -0.25) is 4.90 Å². The zero-order valence-electron chi connectivity index (χ0n) is 7.56. The van der Waals surface area contributed by atoms with Crippen molar-refractivity contribution in [3.8, 4) is 0 Å². The van der Waals surface area contributed by atoms with Crippen molar-refractivity contribution in [2.24, 2.45) is 0 Å². The van der Waals surface area contributed by atoms with Gasteiger partial charge in [0.15, 0.2) is 4.67 Å². The van der Waals surface area contributed by atoms with Crippen molar-refractivity contribution in [1.29, 1.82) is 0 Å². The minimum atomic E-state index is -0.631. The van der Waals surface area contributed by atoms with Gasteiger partial charge in [-0.25, -0.2) is 0 Å². The fraction of sp³-hybridized carbons (Fsp3) is 0.556. The van der Waals surface area contributed by atoms with Crippen LogP contribution in [-0.4, -0.2) is 40.4 Å². The van der Waals surface area contributed by atoms with Gasteiger partial charge in [-0.2, -0.15) is 0 Å². The Morgan fingerprint density at radius 1 is 1.36 bits per heavy atom. The Kier molecular flexibility index (Phi) is 2.92. The molecule has 1 aliphatic heterocycles. The van der Waals surface area contributed by atoms with E-state index in [0.717, 1.165) is 5.76 Å². The normalized spacial score (nSPS) is 28.5. The third-order valence-electron chi connectivity index (χ3n) is 2.34. The van der Waals surface area contributed by atoms with Crippen LogP contribution in [-0.2, 0) is 6.54 Å². The zero-order chi connectivity index (χ0) is 10.1. The van der Waals surface area contributed by atoms with E-state index in [1.807, 2.05) is 17.0 Å². The molecule has 0 aromatic carbocycles. The molecule has 1 aliphatic rings. The molecule has 2 unspecified atom stereocenters. The number of β-amino-alcohol motifs (C(OH)–C–C–N with tert-alkyl or cyclic N) is 2. The minimum Gasteiger partial charge on any atom is -0.453 e. The number of likely N-dealkylation sites (tertiary alicyclic amines) is 1. The van der Waals surface area contributed by atoms with Gasteiger partial charge in [0, 0.05) is 13.1 Å². The maximum atomic E-state index is 9.32. The topological polar surface area (TPSA) is 56.8 Å². The number of hydrogen-bond acceptors (Lipinski definition) is 4. The van der Waals surface area contributed by atoms with Gasteiger partial charge in [0.2, 0.25) is 0 Å². The first-order valence-corrected chi connectivity index (χ1v) is 5.27. The van der Waals surface area contributed by atoms with E-state index < -0.39 is 12.2 Å². The average molecular weight is 262 g/mol. The molecule has 0 saturated carbocycles. The Morgan fingerprint density at radius 2 is 2.00 bits per heavy atom. The molecule has 0 bridgehead atoms. The molecule has 1 saturated heterocycles. The number of aliphatic hydroxyl groups is 2. The molecule has 1 fully saturated rings. The van der Waals surface area contributed by atoms with Gasteiger partial charge in [0.1, 0.15) is 5.76 Å².